The van der Waals surface area contributed by atoms with Crippen molar-refractivity contribution in [3.8, 4) is 11.5 Å². The predicted molar refractivity (Wildman–Crippen MR) is 58.3 cm³/mol. The minimum Gasteiger partial charge on any atom is -0.508 e. The largest absolute Gasteiger partial charge is 0.508 e. The van der Waals surface area contributed by atoms with Gasteiger partial charge in [0, 0.05) is 17.5 Å². The topological polar surface area (TPSA) is 46.5 Å². The number of hydrogen-bond acceptors (Lipinski definition) is 3. The number of esters is 1. The number of allylic oxidation sites excluding steroid dienone is 3. The zero-order chi connectivity index (χ0) is 11.1. The van der Waals surface area contributed by atoms with E-state index in [1.54, 1.807) is 12.1 Å². The zero-order valence-electron chi connectivity index (χ0n) is 8.46. The van der Waals surface area contributed by atoms with Gasteiger partial charge in [-0.2, -0.15) is 0 Å². The van der Waals surface area contributed by atoms with E-state index in [0.29, 0.717) is 5.75 Å². The van der Waals surface area contributed by atoms with Crippen molar-refractivity contribution < 1.29 is 14.6 Å². The molecule has 2 aliphatic rings. The molecule has 0 spiro atoms. The Morgan fingerprint density at radius 1 is 1.12 bits per heavy atom. The van der Waals surface area contributed by atoms with Crippen LogP contribution in [0.1, 0.15) is 11.5 Å². The summed E-state index contributed by atoms with van der Waals surface area (Å²) >= 11 is 0. The highest BCUT2D eigenvalue weighted by Crippen LogP contribution is 2.41. The quantitative estimate of drug-likeness (QED) is 0.531. The average Bonchev–Trinajstić information content (AvgIpc) is 2.29. The zero-order valence-corrected chi connectivity index (χ0v) is 8.46. The van der Waals surface area contributed by atoms with E-state index >= 15 is 0 Å². The molecule has 1 aromatic carbocycles. The summed E-state index contributed by atoms with van der Waals surface area (Å²) in [7, 11) is 0. The Hall–Kier alpha value is -2.03. The number of phenols is 1. The lowest BCUT2D eigenvalue weighted by Crippen LogP contribution is -2.30. The number of carbonyl (C=O) groups excluding carboxylic acids is 1. The summed E-state index contributed by atoms with van der Waals surface area (Å²) in [5.41, 5.74) is 0.947. The van der Waals surface area contributed by atoms with E-state index in [9.17, 15) is 9.90 Å². The first kappa shape index (κ1) is 9.21. The maximum absolute atomic E-state index is 11.7. The van der Waals surface area contributed by atoms with E-state index in [0.717, 1.165) is 5.56 Å². The first-order valence-electron chi connectivity index (χ1n) is 5.15. The minimum atomic E-state index is -0.260. The molecule has 1 aliphatic heterocycles. The highest BCUT2D eigenvalue weighted by Gasteiger charge is 2.35. The summed E-state index contributed by atoms with van der Waals surface area (Å²) < 4.78 is 5.20. The third kappa shape index (κ3) is 1.25. The molecule has 0 radical (unpaired) electrons. The summed E-state index contributed by atoms with van der Waals surface area (Å²) in [5, 5.41) is 9.35. The van der Waals surface area contributed by atoms with E-state index in [-0.39, 0.29) is 23.6 Å². The van der Waals surface area contributed by atoms with Gasteiger partial charge in [-0.05, 0) is 6.07 Å². The third-order valence-corrected chi connectivity index (χ3v) is 2.97. The number of ether oxygens (including phenoxy) is 1. The minimum absolute atomic E-state index is 0.0295. The van der Waals surface area contributed by atoms with Crippen LogP contribution in [-0.2, 0) is 4.79 Å². The molecule has 80 valence electrons. The van der Waals surface area contributed by atoms with Crippen LogP contribution in [0.2, 0.25) is 0 Å². The summed E-state index contributed by atoms with van der Waals surface area (Å²) in [5.74, 6) is 0.110. The van der Waals surface area contributed by atoms with Gasteiger partial charge in [0.15, 0.2) is 0 Å². The molecular formula is C13H10O3. The van der Waals surface area contributed by atoms with E-state index in [4.69, 9.17) is 4.74 Å². The molecule has 0 aromatic heterocycles. The summed E-state index contributed by atoms with van der Waals surface area (Å²) in [6, 6.07) is 4.90. The van der Waals surface area contributed by atoms with Crippen LogP contribution in [0.5, 0.6) is 11.5 Å². The van der Waals surface area contributed by atoms with Crippen LogP contribution in [0.15, 0.2) is 42.5 Å². The van der Waals surface area contributed by atoms with Gasteiger partial charge in [-0.3, -0.25) is 4.79 Å². The molecule has 2 atom stereocenters. The van der Waals surface area contributed by atoms with Crippen molar-refractivity contribution in [2.45, 2.75) is 5.92 Å². The van der Waals surface area contributed by atoms with Crippen LogP contribution >= 0.6 is 0 Å². The van der Waals surface area contributed by atoms with Gasteiger partial charge in [-0.15, -0.1) is 0 Å². The lowest BCUT2D eigenvalue weighted by atomic mass is 9.81. The van der Waals surface area contributed by atoms with Crippen LogP contribution < -0.4 is 4.74 Å². The first-order chi connectivity index (χ1) is 7.75. The third-order valence-electron chi connectivity index (χ3n) is 2.97. The molecule has 3 rings (SSSR count). The molecule has 0 saturated carbocycles. The Balaban J connectivity index is 2.14. The fourth-order valence-corrected chi connectivity index (χ4v) is 2.19. The standard InChI is InChI=1S/C13H10O3/c14-8-5-6-10-9-3-1-2-4-11(9)13(15)16-12(10)7-8/h1-7,9,11,14H. The molecule has 1 aliphatic carbocycles. The lowest BCUT2D eigenvalue weighted by molar-refractivity contribution is -0.138. The lowest BCUT2D eigenvalue weighted by Gasteiger charge is -2.29. The predicted octanol–water partition coefficient (Wildman–Crippen LogP) is 2.14. The van der Waals surface area contributed by atoms with Crippen molar-refractivity contribution in [3.63, 3.8) is 0 Å². The summed E-state index contributed by atoms with van der Waals surface area (Å²) in [4.78, 5) is 11.7. The number of rotatable bonds is 0. The van der Waals surface area contributed by atoms with Gasteiger partial charge < -0.3 is 9.84 Å². The Bertz CT molecular complexity index is 514. The van der Waals surface area contributed by atoms with Crippen molar-refractivity contribution in [2.24, 2.45) is 5.92 Å². The molecule has 3 heteroatoms. The van der Waals surface area contributed by atoms with Gasteiger partial charge in [-0.25, -0.2) is 0 Å². The summed E-state index contributed by atoms with van der Waals surface area (Å²) in [6.45, 7) is 0. The van der Waals surface area contributed by atoms with Crippen molar-refractivity contribution in [3.05, 3.63) is 48.1 Å². The monoisotopic (exact) mass is 214 g/mol. The Morgan fingerprint density at radius 3 is 2.69 bits per heavy atom. The van der Waals surface area contributed by atoms with Gasteiger partial charge in [0.05, 0.1) is 5.92 Å². The molecule has 1 heterocycles. The van der Waals surface area contributed by atoms with Gasteiger partial charge >= 0.3 is 5.97 Å². The maximum Gasteiger partial charge on any atom is 0.319 e. The Morgan fingerprint density at radius 2 is 1.88 bits per heavy atom. The smallest absolute Gasteiger partial charge is 0.319 e. The fraction of sp³-hybridized carbons (Fsp3) is 0.154. The van der Waals surface area contributed by atoms with Gasteiger partial charge in [0.25, 0.3) is 0 Å². The number of benzene rings is 1. The summed E-state index contributed by atoms with van der Waals surface area (Å²) in [6.07, 6.45) is 7.62. The Kier molecular flexibility index (Phi) is 1.86. The molecule has 0 bridgehead atoms. The van der Waals surface area contributed by atoms with E-state index in [2.05, 4.69) is 0 Å². The molecule has 16 heavy (non-hydrogen) atoms. The number of hydrogen-bond donors (Lipinski definition) is 1. The van der Waals surface area contributed by atoms with Crippen LogP contribution in [-0.4, -0.2) is 11.1 Å². The second-order valence-electron chi connectivity index (χ2n) is 3.96. The molecular weight excluding hydrogens is 204 g/mol. The normalized spacial score (nSPS) is 25.9. The molecule has 0 fully saturated rings. The van der Waals surface area contributed by atoms with Crippen LogP contribution in [0.4, 0.5) is 0 Å². The number of carbonyl (C=O) groups is 1. The Labute approximate surface area is 92.7 Å². The first-order valence-corrected chi connectivity index (χ1v) is 5.15. The average molecular weight is 214 g/mol. The molecule has 0 saturated heterocycles. The molecule has 1 aromatic rings. The van der Waals surface area contributed by atoms with E-state index in [1.165, 1.54) is 6.07 Å². The fourth-order valence-electron chi connectivity index (χ4n) is 2.19. The number of fused-ring (bicyclic) bond motifs is 3. The molecule has 0 amide bonds. The second kappa shape index (κ2) is 3.23. The van der Waals surface area contributed by atoms with Crippen LogP contribution in [0, 0.1) is 5.92 Å². The number of phenolic OH excluding ortho intramolecular Hbond substituents is 1. The molecule has 2 unspecified atom stereocenters. The van der Waals surface area contributed by atoms with Crippen molar-refractivity contribution in [1.82, 2.24) is 0 Å². The van der Waals surface area contributed by atoms with Crippen LogP contribution in [0.25, 0.3) is 0 Å². The number of aromatic hydroxyl groups is 1. The second-order valence-corrected chi connectivity index (χ2v) is 3.96. The van der Waals surface area contributed by atoms with E-state index < -0.39 is 0 Å². The van der Waals surface area contributed by atoms with Gasteiger partial charge in [0.1, 0.15) is 11.5 Å². The van der Waals surface area contributed by atoms with Crippen molar-refractivity contribution in [1.29, 1.82) is 0 Å². The highest BCUT2D eigenvalue weighted by molar-refractivity contribution is 5.82. The van der Waals surface area contributed by atoms with Crippen LogP contribution in [0.3, 0.4) is 0 Å². The van der Waals surface area contributed by atoms with Gasteiger partial charge in [-0.1, -0.05) is 30.4 Å². The van der Waals surface area contributed by atoms with Crippen molar-refractivity contribution in [2.75, 3.05) is 0 Å². The molecule has 3 nitrogen and oxygen atoms in total. The highest BCUT2D eigenvalue weighted by atomic mass is 16.5. The SMILES string of the molecule is O=C1Oc2cc(O)ccc2C2C=CC=CC12. The van der Waals surface area contributed by atoms with Crippen molar-refractivity contribution >= 4 is 5.97 Å². The maximum atomic E-state index is 11.7. The van der Waals surface area contributed by atoms with E-state index in [1.807, 2.05) is 24.3 Å². The van der Waals surface area contributed by atoms with Gasteiger partial charge in [0.2, 0.25) is 0 Å². The molecule has 1 N–H and O–H groups in total.